The Labute approximate surface area is 99.6 Å². The van der Waals surface area contributed by atoms with Gasteiger partial charge in [0.25, 0.3) is 0 Å². The molecule has 0 aromatic rings. The average molecular weight is 229 g/mol. The molecule has 0 bridgehead atoms. The van der Waals surface area contributed by atoms with Crippen molar-refractivity contribution in [2.75, 3.05) is 20.1 Å². The fourth-order valence-electron chi connectivity index (χ4n) is 1.72. The molecule has 0 fully saturated rings. The van der Waals surface area contributed by atoms with Gasteiger partial charge in [-0.2, -0.15) is 0 Å². The van der Waals surface area contributed by atoms with E-state index in [-0.39, 0.29) is 5.91 Å². The first-order valence-corrected chi connectivity index (χ1v) is 6.12. The van der Waals surface area contributed by atoms with E-state index in [1.54, 1.807) is 0 Å². The van der Waals surface area contributed by atoms with Gasteiger partial charge in [0, 0.05) is 6.04 Å². The SMILES string of the molecule is CCCNC(C)(CC(C)N(C)CC)C(N)=O. The van der Waals surface area contributed by atoms with Crippen LogP contribution in [0.1, 0.15) is 40.5 Å². The minimum absolute atomic E-state index is 0.266. The van der Waals surface area contributed by atoms with Crippen molar-refractivity contribution in [1.82, 2.24) is 10.2 Å². The van der Waals surface area contributed by atoms with Crippen LogP contribution in [0.3, 0.4) is 0 Å². The summed E-state index contributed by atoms with van der Waals surface area (Å²) >= 11 is 0. The Morgan fingerprint density at radius 2 is 2.06 bits per heavy atom. The maximum atomic E-state index is 11.5. The highest BCUT2D eigenvalue weighted by molar-refractivity contribution is 5.84. The number of hydrogen-bond acceptors (Lipinski definition) is 3. The molecule has 0 saturated carbocycles. The number of nitrogens with two attached hydrogens (primary N) is 1. The maximum absolute atomic E-state index is 11.5. The molecule has 96 valence electrons. The minimum atomic E-state index is -0.598. The summed E-state index contributed by atoms with van der Waals surface area (Å²) in [5.74, 6) is -0.266. The summed E-state index contributed by atoms with van der Waals surface area (Å²) in [5.41, 5.74) is 4.88. The van der Waals surface area contributed by atoms with Crippen LogP contribution in [0.25, 0.3) is 0 Å². The van der Waals surface area contributed by atoms with Gasteiger partial charge in [-0.1, -0.05) is 13.8 Å². The highest BCUT2D eigenvalue weighted by Crippen LogP contribution is 2.15. The predicted octanol–water partition coefficient (Wildman–Crippen LogP) is 0.960. The van der Waals surface area contributed by atoms with Crippen molar-refractivity contribution in [1.29, 1.82) is 0 Å². The van der Waals surface area contributed by atoms with Crippen molar-refractivity contribution in [2.24, 2.45) is 5.73 Å². The number of hydrogen-bond donors (Lipinski definition) is 2. The van der Waals surface area contributed by atoms with Gasteiger partial charge in [-0.3, -0.25) is 4.79 Å². The molecular weight excluding hydrogens is 202 g/mol. The summed E-state index contributed by atoms with van der Waals surface area (Å²) in [6, 6.07) is 0.340. The monoisotopic (exact) mass is 229 g/mol. The molecule has 0 aliphatic carbocycles. The first-order chi connectivity index (χ1) is 7.37. The lowest BCUT2D eigenvalue weighted by Gasteiger charge is -2.33. The van der Waals surface area contributed by atoms with Crippen LogP contribution in [0.2, 0.25) is 0 Å². The summed E-state index contributed by atoms with van der Waals surface area (Å²) in [6.45, 7) is 10.0. The van der Waals surface area contributed by atoms with Crippen molar-refractivity contribution >= 4 is 5.91 Å². The summed E-state index contributed by atoms with van der Waals surface area (Å²) in [5, 5.41) is 3.25. The first kappa shape index (κ1) is 15.4. The van der Waals surface area contributed by atoms with Crippen molar-refractivity contribution in [3.05, 3.63) is 0 Å². The van der Waals surface area contributed by atoms with Gasteiger partial charge < -0.3 is 16.0 Å². The van der Waals surface area contributed by atoms with Crippen LogP contribution >= 0.6 is 0 Å². The summed E-state index contributed by atoms with van der Waals surface area (Å²) < 4.78 is 0. The summed E-state index contributed by atoms with van der Waals surface area (Å²) in [4.78, 5) is 13.7. The van der Waals surface area contributed by atoms with E-state index in [1.807, 2.05) is 6.92 Å². The molecule has 0 spiro atoms. The lowest BCUT2D eigenvalue weighted by atomic mass is 9.92. The van der Waals surface area contributed by atoms with Gasteiger partial charge in [-0.15, -0.1) is 0 Å². The lowest BCUT2D eigenvalue weighted by molar-refractivity contribution is -0.124. The first-order valence-electron chi connectivity index (χ1n) is 6.12. The standard InChI is InChI=1S/C12H27N3O/c1-6-8-14-12(4,11(13)16)9-10(3)15(5)7-2/h10,14H,6-9H2,1-5H3,(H2,13,16). The Morgan fingerprint density at radius 3 is 2.44 bits per heavy atom. The number of rotatable bonds is 8. The van der Waals surface area contributed by atoms with Crippen molar-refractivity contribution < 1.29 is 4.79 Å². The third-order valence-corrected chi connectivity index (χ3v) is 3.26. The molecule has 4 heteroatoms. The van der Waals surface area contributed by atoms with E-state index in [0.717, 1.165) is 25.9 Å². The zero-order valence-electron chi connectivity index (χ0n) is 11.3. The molecule has 0 aliphatic heterocycles. The summed E-state index contributed by atoms with van der Waals surface area (Å²) in [6.07, 6.45) is 1.74. The molecule has 0 saturated heterocycles. The minimum Gasteiger partial charge on any atom is -0.368 e. The third kappa shape index (κ3) is 4.49. The molecule has 0 heterocycles. The van der Waals surface area contributed by atoms with Crippen LogP contribution in [0.4, 0.5) is 0 Å². The van der Waals surface area contributed by atoms with Gasteiger partial charge in [-0.25, -0.2) is 0 Å². The Morgan fingerprint density at radius 1 is 1.50 bits per heavy atom. The zero-order chi connectivity index (χ0) is 12.8. The van der Waals surface area contributed by atoms with E-state index in [4.69, 9.17) is 5.73 Å². The van der Waals surface area contributed by atoms with Gasteiger partial charge in [0.2, 0.25) is 5.91 Å². The third-order valence-electron chi connectivity index (χ3n) is 3.26. The highest BCUT2D eigenvalue weighted by Gasteiger charge is 2.32. The van der Waals surface area contributed by atoms with Gasteiger partial charge >= 0.3 is 0 Å². The number of nitrogens with zero attached hydrogens (tertiary/aromatic N) is 1. The van der Waals surface area contributed by atoms with Crippen LogP contribution in [-0.4, -0.2) is 42.5 Å². The topological polar surface area (TPSA) is 58.4 Å². The molecule has 3 N–H and O–H groups in total. The molecule has 0 radical (unpaired) electrons. The Bertz CT molecular complexity index is 220. The average Bonchev–Trinajstić information content (AvgIpc) is 2.24. The quantitative estimate of drug-likeness (QED) is 0.652. The van der Waals surface area contributed by atoms with Crippen LogP contribution in [0.15, 0.2) is 0 Å². The smallest absolute Gasteiger partial charge is 0.237 e. The Hall–Kier alpha value is -0.610. The van der Waals surface area contributed by atoms with E-state index in [9.17, 15) is 4.79 Å². The van der Waals surface area contributed by atoms with Crippen LogP contribution in [0, 0.1) is 0 Å². The van der Waals surface area contributed by atoms with Gasteiger partial charge in [0.05, 0.1) is 5.54 Å². The van der Waals surface area contributed by atoms with Crippen molar-refractivity contribution in [3.63, 3.8) is 0 Å². The molecule has 0 aliphatic rings. The number of primary amides is 1. The fraction of sp³-hybridized carbons (Fsp3) is 0.917. The summed E-state index contributed by atoms with van der Waals surface area (Å²) in [7, 11) is 2.06. The predicted molar refractivity (Wildman–Crippen MR) is 68.3 cm³/mol. The number of nitrogens with one attached hydrogen (secondary N) is 1. The van der Waals surface area contributed by atoms with Gasteiger partial charge in [0.1, 0.15) is 0 Å². The normalized spacial score (nSPS) is 17.1. The second kappa shape index (κ2) is 6.86. The second-order valence-corrected chi connectivity index (χ2v) is 4.75. The molecule has 2 atom stereocenters. The van der Waals surface area contributed by atoms with Gasteiger partial charge in [-0.05, 0) is 46.8 Å². The molecule has 4 nitrogen and oxygen atoms in total. The van der Waals surface area contributed by atoms with Crippen molar-refractivity contribution in [3.8, 4) is 0 Å². The molecule has 0 rings (SSSR count). The molecule has 1 amide bonds. The molecular formula is C12H27N3O. The number of carbonyl (C=O) groups excluding carboxylic acids is 1. The van der Waals surface area contributed by atoms with Crippen LogP contribution in [-0.2, 0) is 4.79 Å². The lowest BCUT2D eigenvalue weighted by Crippen LogP contribution is -2.56. The van der Waals surface area contributed by atoms with Crippen molar-refractivity contribution in [2.45, 2.75) is 52.1 Å². The zero-order valence-corrected chi connectivity index (χ0v) is 11.3. The molecule has 0 aromatic carbocycles. The van der Waals surface area contributed by atoms with E-state index in [2.05, 4.69) is 38.0 Å². The largest absolute Gasteiger partial charge is 0.368 e. The molecule has 2 unspecified atom stereocenters. The molecule has 16 heavy (non-hydrogen) atoms. The number of carbonyl (C=O) groups is 1. The van der Waals surface area contributed by atoms with Crippen LogP contribution in [0.5, 0.6) is 0 Å². The van der Waals surface area contributed by atoms with E-state index in [1.165, 1.54) is 0 Å². The molecule has 0 aromatic heterocycles. The van der Waals surface area contributed by atoms with E-state index in [0.29, 0.717) is 6.04 Å². The van der Waals surface area contributed by atoms with Gasteiger partial charge in [0.15, 0.2) is 0 Å². The fourth-order valence-corrected chi connectivity index (χ4v) is 1.72. The Balaban J connectivity index is 4.48. The number of amides is 1. The highest BCUT2D eigenvalue weighted by atomic mass is 16.1. The van der Waals surface area contributed by atoms with Crippen LogP contribution < -0.4 is 11.1 Å². The Kier molecular flexibility index (Phi) is 6.60. The van der Waals surface area contributed by atoms with E-state index >= 15 is 0 Å². The second-order valence-electron chi connectivity index (χ2n) is 4.75. The maximum Gasteiger partial charge on any atom is 0.237 e. The van der Waals surface area contributed by atoms with E-state index < -0.39 is 5.54 Å².